The van der Waals surface area contributed by atoms with E-state index in [-0.39, 0.29) is 29.5 Å². The predicted octanol–water partition coefficient (Wildman–Crippen LogP) is 0.900. The average Bonchev–Trinajstić information content (AvgIpc) is 2.52. The minimum atomic E-state index is -0.279. The van der Waals surface area contributed by atoms with Gasteiger partial charge in [-0.05, 0) is 30.5 Å². The van der Waals surface area contributed by atoms with Crippen LogP contribution in [0.1, 0.15) is 18.4 Å². The van der Waals surface area contributed by atoms with Crippen molar-refractivity contribution in [3.63, 3.8) is 0 Å². The SMILES string of the molecule is O=C(NCc1ccc(F)cc1)C1CCN(C(=O)C2CNC2)CC1. The fourth-order valence-electron chi connectivity index (χ4n) is 3.02. The van der Waals surface area contributed by atoms with Crippen molar-refractivity contribution in [3.8, 4) is 0 Å². The summed E-state index contributed by atoms with van der Waals surface area (Å²) in [7, 11) is 0. The van der Waals surface area contributed by atoms with Crippen LogP contribution < -0.4 is 10.6 Å². The number of carbonyl (C=O) groups is 2. The van der Waals surface area contributed by atoms with E-state index >= 15 is 0 Å². The van der Waals surface area contributed by atoms with Crippen molar-refractivity contribution in [2.24, 2.45) is 11.8 Å². The van der Waals surface area contributed by atoms with E-state index in [1.807, 2.05) is 4.90 Å². The maximum absolute atomic E-state index is 12.8. The number of amides is 2. The highest BCUT2D eigenvalue weighted by atomic mass is 19.1. The lowest BCUT2D eigenvalue weighted by atomic mass is 9.93. The van der Waals surface area contributed by atoms with Gasteiger partial charge in [0.25, 0.3) is 0 Å². The van der Waals surface area contributed by atoms with Crippen LogP contribution >= 0.6 is 0 Å². The zero-order chi connectivity index (χ0) is 16.2. The zero-order valence-corrected chi connectivity index (χ0v) is 13.1. The van der Waals surface area contributed by atoms with Crippen LogP contribution in [-0.4, -0.2) is 42.9 Å². The third-order valence-corrected chi connectivity index (χ3v) is 4.69. The topological polar surface area (TPSA) is 61.4 Å². The molecule has 2 N–H and O–H groups in total. The number of hydrogen-bond donors (Lipinski definition) is 2. The maximum Gasteiger partial charge on any atom is 0.228 e. The minimum absolute atomic E-state index is 0.0201. The molecule has 2 aliphatic heterocycles. The van der Waals surface area contributed by atoms with Crippen LogP contribution in [0.25, 0.3) is 0 Å². The van der Waals surface area contributed by atoms with Crippen molar-refractivity contribution < 1.29 is 14.0 Å². The highest BCUT2D eigenvalue weighted by molar-refractivity contribution is 5.81. The van der Waals surface area contributed by atoms with Gasteiger partial charge in [0.2, 0.25) is 11.8 Å². The Bertz CT molecular complexity index is 564. The average molecular weight is 319 g/mol. The molecule has 0 atom stereocenters. The normalized spacial score (nSPS) is 19.3. The smallest absolute Gasteiger partial charge is 0.228 e. The fourth-order valence-corrected chi connectivity index (χ4v) is 3.02. The monoisotopic (exact) mass is 319 g/mol. The molecule has 6 heteroatoms. The van der Waals surface area contributed by atoms with Gasteiger partial charge < -0.3 is 15.5 Å². The quantitative estimate of drug-likeness (QED) is 0.867. The Morgan fingerprint density at radius 3 is 2.35 bits per heavy atom. The largest absolute Gasteiger partial charge is 0.352 e. The lowest BCUT2D eigenvalue weighted by Gasteiger charge is -2.36. The Morgan fingerprint density at radius 2 is 1.78 bits per heavy atom. The Balaban J connectivity index is 1.42. The molecule has 2 heterocycles. The molecule has 0 bridgehead atoms. The molecule has 0 unspecified atom stereocenters. The molecule has 0 radical (unpaired) electrons. The second-order valence-electron chi connectivity index (χ2n) is 6.30. The Labute approximate surface area is 135 Å². The lowest BCUT2D eigenvalue weighted by Crippen LogP contribution is -2.54. The molecule has 5 nitrogen and oxygen atoms in total. The number of nitrogens with zero attached hydrogens (tertiary/aromatic N) is 1. The number of piperidine rings is 1. The number of carbonyl (C=O) groups excluding carboxylic acids is 2. The van der Waals surface area contributed by atoms with Gasteiger partial charge in [0.15, 0.2) is 0 Å². The summed E-state index contributed by atoms with van der Waals surface area (Å²) in [5.74, 6) is 0.0392. The van der Waals surface area contributed by atoms with E-state index in [1.54, 1.807) is 12.1 Å². The molecule has 23 heavy (non-hydrogen) atoms. The van der Waals surface area contributed by atoms with Gasteiger partial charge >= 0.3 is 0 Å². The number of hydrogen-bond acceptors (Lipinski definition) is 3. The van der Waals surface area contributed by atoms with E-state index < -0.39 is 0 Å². The molecule has 0 aliphatic carbocycles. The number of benzene rings is 1. The molecule has 2 amide bonds. The van der Waals surface area contributed by atoms with Gasteiger partial charge in [-0.1, -0.05) is 12.1 Å². The summed E-state index contributed by atoms with van der Waals surface area (Å²) in [6.07, 6.45) is 1.42. The molecule has 0 saturated carbocycles. The molecule has 1 aromatic carbocycles. The molecule has 3 rings (SSSR count). The summed E-state index contributed by atoms with van der Waals surface area (Å²) >= 11 is 0. The van der Waals surface area contributed by atoms with Gasteiger partial charge in [-0.15, -0.1) is 0 Å². The first-order valence-corrected chi connectivity index (χ1v) is 8.15. The summed E-state index contributed by atoms with van der Waals surface area (Å²) in [4.78, 5) is 26.3. The van der Waals surface area contributed by atoms with E-state index in [4.69, 9.17) is 0 Å². The summed E-state index contributed by atoms with van der Waals surface area (Å²) < 4.78 is 12.8. The summed E-state index contributed by atoms with van der Waals surface area (Å²) in [5, 5.41) is 6.01. The van der Waals surface area contributed by atoms with E-state index in [2.05, 4.69) is 10.6 Å². The van der Waals surface area contributed by atoms with Crippen molar-refractivity contribution in [2.75, 3.05) is 26.2 Å². The highest BCUT2D eigenvalue weighted by Gasteiger charge is 2.33. The molecule has 0 spiro atoms. The lowest BCUT2D eigenvalue weighted by molar-refractivity contribution is -0.140. The van der Waals surface area contributed by atoms with Crippen LogP contribution in [0.15, 0.2) is 24.3 Å². The molecule has 0 aromatic heterocycles. The number of nitrogens with one attached hydrogen (secondary N) is 2. The van der Waals surface area contributed by atoms with E-state index in [0.29, 0.717) is 32.5 Å². The summed E-state index contributed by atoms with van der Waals surface area (Å²) in [5.41, 5.74) is 0.879. The standard InChI is InChI=1S/C17H22FN3O2/c18-15-3-1-12(2-4-15)9-20-16(22)13-5-7-21(8-6-13)17(23)14-10-19-11-14/h1-4,13-14,19H,5-11H2,(H,20,22). The van der Waals surface area contributed by atoms with Crippen molar-refractivity contribution in [2.45, 2.75) is 19.4 Å². The third-order valence-electron chi connectivity index (χ3n) is 4.69. The molecule has 2 saturated heterocycles. The van der Waals surface area contributed by atoms with Crippen molar-refractivity contribution in [1.82, 2.24) is 15.5 Å². The van der Waals surface area contributed by atoms with Gasteiger partial charge in [0, 0.05) is 38.6 Å². The maximum atomic E-state index is 12.8. The van der Waals surface area contributed by atoms with Gasteiger partial charge in [-0.2, -0.15) is 0 Å². The first-order valence-electron chi connectivity index (χ1n) is 8.15. The van der Waals surface area contributed by atoms with Crippen LogP contribution in [0.5, 0.6) is 0 Å². The minimum Gasteiger partial charge on any atom is -0.352 e. The van der Waals surface area contributed by atoms with E-state index in [1.165, 1.54) is 12.1 Å². The van der Waals surface area contributed by atoms with Crippen LogP contribution in [0.3, 0.4) is 0 Å². The van der Waals surface area contributed by atoms with E-state index in [0.717, 1.165) is 18.7 Å². The van der Waals surface area contributed by atoms with Crippen molar-refractivity contribution in [3.05, 3.63) is 35.6 Å². The molecule has 1 aromatic rings. The highest BCUT2D eigenvalue weighted by Crippen LogP contribution is 2.20. The Hall–Kier alpha value is -1.95. The van der Waals surface area contributed by atoms with Gasteiger partial charge in [-0.25, -0.2) is 4.39 Å². The Kier molecular flexibility index (Phi) is 4.91. The molecular formula is C17H22FN3O2. The van der Waals surface area contributed by atoms with Crippen molar-refractivity contribution in [1.29, 1.82) is 0 Å². The van der Waals surface area contributed by atoms with Crippen LogP contribution in [-0.2, 0) is 16.1 Å². The van der Waals surface area contributed by atoms with Gasteiger partial charge in [-0.3, -0.25) is 9.59 Å². The molecule has 2 aliphatic rings. The van der Waals surface area contributed by atoms with Crippen LogP contribution in [0, 0.1) is 17.7 Å². The molecule has 2 fully saturated rings. The van der Waals surface area contributed by atoms with Gasteiger partial charge in [0.1, 0.15) is 5.82 Å². The first-order chi connectivity index (χ1) is 11.1. The second kappa shape index (κ2) is 7.08. The summed E-state index contributed by atoms with van der Waals surface area (Å²) in [6.45, 7) is 3.27. The Morgan fingerprint density at radius 1 is 1.13 bits per heavy atom. The number of halogens is 1. The molecule has 124 valence electrons. The molecular weight excluding hydrogens is 297 g/mol. The second-order valence-corrected chi connectivity index (χ2v) is 6.30. The third kappa shape index (κ3) is 3.88. The summed E-state index contributed by atoms with van der Waals surface area (Å²) in [6, 6.07) is 6.12. The van der Waals surface area contributed by atoms with Crippen molar-refractivity contribution >= 4 is 11.8 Å². The van der Waals surface area contributed by atoms with Crippen LogP contribution in [0.4, 0.5) is 4.39 Å². The first kappa shape index (κ1) is 15.9. The fraction of sp³-hybridized carbons (Fsp3) is 0.529. The van der Waals surface area contributed by atoms with E-state index in [9.17, 15) is 14.0 Å². The number of likely N-dealkylation sites (tertiary alicyclic amines) is 1. The zero-order valence-electron chi connectivity index (χ0n) is 13.1. The number of rotatable bonds is 4. The predicted molar refractivity (Wildman–Crippen MR) is 83.9 cm³/mol. The van der Waals surface area contributed by atoms with Gasteiger partial charge in [0.05, 0.1) is 5.92 Å². The van der Waals surface area contributed by atoms with Crippen LogP contribution in [0.2, 0.25) is 0 Å².